The van der Waals surface area contributed by atoms with Crippen molar-refractivity contribution < 1.29 is 8.81 Å². The molecule has 2 N–H and O–H groups in total. The van der Waals surface area contributed by atoms with Crippen LogP contribution in [0.1, 0.15) is 29.8 Å². The molecule has 0 amide bonds. The van der Waals surface area contributed by atoms with Crippen molar-refractivity contribution in [1.82, 2.24) is 15.6 Å². The first-order valence-electron chi connectivity index (χ1n) is 8.31. The van der Waals surface area contributed by atoms with Crippen molar-refractivity contribution in [3.8, 4) is 0 Å². The lowest BCUT2D eigenvalue weighted by atomic mass is 10.2. The van der Waals surface area contributed by atoms with E-state index in [1.54, 1.807) is 11.0 Å². The highest BCUT2D eigenvalue weighted by molar-refractivity contribution is 5.79. The van der Waals surface area contributed by atoms with Crippen molar-refractivity contribution >= 4 is 11.6 Å². The molecule has 0 radical (unpaired) electrons. The zero-order valence-corrected chi connectivity index (χ0v) is 15.5. The molecule has 136 valence electrons. The van der Waals surface area contributed by atoms with Crippen LogP contribution in [-0.4, -0.2) is 31.6 Å². The average Bonchev–Trinajstić information content (AvgIpc) is 2.88. The van der Waals surface area contributed by atoms with Gasteiger partial charge in [0.25, 0.3) is 0 Å². The van der Waals surface area contributed by atoms with E-state index in [1.165, 1.54) is 6.07 Å². The molecule has 1 aromatic carbocycles. The van der Waals surface area contributed by atoms with Gasteiger partial charge in [-0.15, -0.1) is 0 Å². The molecular weight excluding hydrogens is 321 g/mol. The van der Waals surface area contributed by atoms with E-state index >= 15 is 0 Å². The maximum atomic E-state index is 14.0. The number of benzene rings is 1. The number of aromatic nitrogens is 1. The van der Waals surface area contributed by atoms with Gasteiger partial charge in [0, 0.05) is 20.6 Å². The number of aryl methyl sites for hydroxylation is 2. The summed E-state index contributed by atoms with van der Waals surface area (Å²) < 4.78 is 19.6. The van der Waals surface area contributed by atoms with E-state index in [4.69, 9.17) is 4.42 Å². The third kappa shape index (κ3) is 5.20. The van der Waals surface area contributed by atoms with E-state index in [-0.39, 0.29) is 5.82 Å². The van der Waals surface area contributed by atoms with Gasteiger partial charge in [0.15, 0.2) is 5.96 Å². The van der Waals surface area contributed by atoms with Crippen molar-refractivity contribution in [2.45, 2.75) is 33.9 Å². The number of aliphatic imine (C=N–C) groups is 1. The fourth-order valence-electron chi connectivity index (χ4n) is 2.30. The van der Waals surface area contributed by atoms with Gasteiger partial charge in [0.2, 0.25) is 5.89 Å². The second-order valence-electron chi connectivity index (χ2n) is 5.98. The van der Waals surface area contributed by atoms with Gasteiger partial charge < -0.3 is 20.0 Å². The highest BCUT2D eigenvalue weighted by Gasteiger charge is 2.07. The van der Waals surface area contributed by atoms with Crippen molar-refractivity contribution in [2.24, 2.45) is 4.99 Å². The first-order valence-corrected chi connectivity index (χ1v) is 8.31. The monoisotopic (exact) mass is 347 g/mol. The minimum absolute atomic E-state index is 0.249. The molecule has 1 aromatic heterocycles. The number of halogens is 1. The van der Waals surface area contributed by atoms with E-state index in [1.807, 2.05) is 40.9 Å². The third-order valence-electron chi connectivity index (χ3n) is 3.74. The van der Waals surface area contributed by atoms with Gasteiger partial charge in [-0.2, -0.15) is 0 Å². The Bertz CT molecular complexity index is 720. The molecule has 25 heavy (non-hydrogen) atoms. The van der Waals surface area contributed by atoms with Crippen LogP contribution < -0.4 is 15.5 Å². The van der Waals surface area contributed by atoms with Gasteiger partial charge in [-0.1, -0.05) is 6.07 Å². The van der Waals surface area contributed by atoms with Crippen molar-refractivity contribution in [3.05, 3.63) is 46.9 Å². The van der Waals surface area contributed by atoms with Crippen LogP contribution in [0.4, 0.5) is 10.1 Å². The summed E-state index contributed by atoms with van der Waals surface area (Å²) in [5.41, 5.74) is 2.26. The molecule has 0 fully saturated rings. The number of rotatable bonds is 6. The van der Waals surface area contributed by atoms with Crippen LogP contribution in [0.25, 0.3) is 0 Å². The molecule has 2 aromatic rings. The highest BCUT2D eigenvalue weighted by Crippen LogP contribution is 2.18. The van der Waals surface area contributed by atoms with Crippen LogP contribution in [0, 0.1) is 19.7 Å². The maximum Gasteiger partial charge on any atom is 0.214 e. The predicted molar refractivity (Wildman–Crippen MR) is 98.4 cm³/mol. The minimum atomic E-state index is -0.249. The van der Waals surface area contributed by atoms with E-state index in [2.05, 4.69) is 20.6 Å². The predicted octanol–water partition coefficient (Wildman–Crippen LogP) is 2.75. The molecular formula is C18H26FN5O. The Balaban J connectivity index is 2.02. The van der Waals surface area contributed by atoms with Gasteiger partial charge >= 0.3 is 0 Å². The number of hydrogen-bond donors (Lipinski definition) is 2. The lowest BCUT2D eigenvalue weighted by Crippen LogP contribution is -2.36. The Morgan fingerprint density at radius 3 is 2.60 bits per heavy atom. The van der Waals surface area contributed by atoms with Gasteiger partial charge in [-0.3, -0.25) is 0 Å². The molecule has 2 rings (SSSR count). The molecule has 0 spiro atoms. The highest BCUT2D eigenvalue weighted by atomic mass is 19.1. The molecule has 0 bridgehead atoms. The summed E-state index contributed by atoms with van der Waals surface area (Å²) in [7, 11) is 3.63. The Kier molecular flexibility index (Phi) is 6.38. The SMILES string of the molecule is CCNC(=NCc1ccc(N(C)C)c(F)c1)NCc1nc(C)c(C)o1. The van der Waals surface area contributed by atoms with Gasteiger partial charge in [0.05, 0.1) is 24.5 Å². The van der Waals surface area contributed by atoms with Crippen LogP contribution in [0.3, 0.4) is 0 Å². The quantitative estimate of drug-likeness (QED) is 0.621. The molecule has 0 saturated carbocycles. The fraction of sp³-hybridized carbons (Fsp3) is 0.444. The summed E-state index contributed by atoms with van der Waals surface area (Å²) in [5, 5.41) is 6.33. The number of hydrogen-bond acceptors (Lipinski definition) is 4. The summed E-state index contributed by atoms with van der Waals surface area (Å²) in [6.07, 6.45) is 0. The lowest BCUT2D eigenvalue weighted by Gasteiger charge is -2.14. The number of nitrogens with one attached hydrogen (secondary N) is 2. The standard InChI is InChI=1S/C18H26FN5O/c1-6-20-18(22-11-17-23-12(2)13(3)25-17)21-10-14-7-8-16(24(4)5)15(19)9-14/h7-9H,6,10-11H2,1-5H3,(H2,20,21,22). The molecule has 0 aliphatic carbocycles. The fourth-order valence-corrected chi connectivity index (χ4v) is 2.30. The Hall–Kier alpha value is -2.57. The maximum absolute atomic E-state index is 14.0. The number of anilines is 1. The van der Waals surface area contributed by atoms with Crippen LogP contribution in [0.5, 0.6) is 0 Å². The molecule has 1 heterocycles. The summed E-state index contributed by atoms with van der Waals surface area (Å²) in [6.45, 7) is 7.33. The zero-order chi connectivity index (χ0) is 18.4. The van der Waals surface area contributed by atoms with Gasteiger partial charge in [0.1, 0.15) is 11.6 Å². The summed E-state index contributed by atoms with van der Waals surface area (Å²) in [5.74, 6) is 1.81. The summed E-state index contributed by atoms with van der Waals surface area (Å²) >= 11 is 0. The van der Waals surface area contributed by atoms with Crippen LogP contribution in [0.15, 0.2) is 27.6 Å². The van der Waals surface area contributed by atoms with Crippen LogP contribution in [0.2, 0.25) is 0 Å². The van der Waals surface area contributed by atoms with Gasteiger partial charge in [-0.25, -0.2) is 14.4 Å². The molecule has 0 aliphatic heterocycles. The van der Waals surface area contributed by atoms with Crippen LogP contribution in [-0.2, 0) is 13.1 Å². The zero-order valence-electron chi connectivity index (χ0n) is 15.5. The van der Waals surface area contributed by atoms with Gasteiger partial charge in [-0.05, 0) is 38.5 Å². The smallest absolute Gasteiger partial charge is 0.214 e. The Morgan fingerprint density at radius 1 is 1.28 bits per heavy atom. The average molecular weight is 347 g/mol. The van der Waals surface area contributed by atoms with E-state index in [9.17, 15) is 4.39 Å². The Morgan fingerprint density at radius 2 is 2.04 bits per heavy atom. The van der Waals surface area contributed by atoms with Crippen molar-refractivity contribution in [1.29, 1.82) is 0 Å². The number of guanidine groups is 1. The normalized spacial score (nSPS) is 11.5. The molecule has 0 atom stereocenters. The summed E-state index contributed by atoms with van der Waals surface area (Å²) in [6, 6.07) is 5.16. The molecule has 6 nitrogen and oxygen atoms in total. The largest absolute Gasteiger partial charge is 0.444 e. The Labute approximate surface area is 148 Å². The topological polar surface area (TPSA) is 65.7 Å². The second-order valence-corrected chi connectivity index (χ2v) is 5.98. The minimum Gasteiger partial charge on any atom is -0.444 e. The third-order valence-corrected chi connectivity index (χ3v) is 3.74. The number of oxazole rings is 1. The second kappa shape index (κ2) is 8.50. The molecule has 0 aliphatic rings. The molecule has 7 heteroatoms. The number of nitrogens with zero attached hydrogens (tertiary/aromatic N) is 3. The first kappa shape index (κ1) is 18.8. The van der Waals surface area contributed by atoms with Crippen LogP contribution >= 0.6 is 0 Å². The first-order chi connectivity index (χ1) is 11.9. The molecule has 0 saturated heterocycles. The lowest BCUT2D eigenvalue weighted by molar-refractivity contribution is 0.463. The van der Waals surface area contributed by atoms with E-state index < -0.39 is 0 Å². The summed E-state index contributed by atoms with van der Waals surface area (Å²) in [4.78, 5) is 10.6. The van der Waals surface area contributed by atoms with Crippen molar-refractivity contribution in [3.63, 3.8) is 0 Å². The molecule has 0 unspecified atom stereocenters. The van der Waals surface area contributed by atoms with Crippen molar-refractivity contribution in [2.75, 3.05) is 25.5 Å². The van der Waals surface area contributed by atoms with E-state index in [0.717, 1.165) is 23.6 Å². The van der Waals surface area contributed by atoms with E-state index in [0.29, 0.717) is 30.6 Å².